The summed E-state index contributed by atoms with van der Waals surface area (Å²) in [7, 11) is 0. The van der Waals surface area contributed by atoms with Gasteiger partial charge in [0.05, 0.1) is 18.1 Å². The average Bonchev–Trinajstić information content (AvgIpc) is 2.48. The fourth-order valence-electron chi connectivity index (χ4n) is 2.47. The maximum atomic E-state index is 11.7. The van der Waals surface area contributed by atoms with Crippen LogP contribution in [-0.2, 0) is 9.53 Å². The molecule has 0 bridgehead atoms. The molecule has 108 valence electrons. The molecule has 1 aromatic carbocycles. The Kier molecular flexibility index (Phi) is 4.61. The second-order valence-electron chi connectivity index (χ2n) is 4.87. The van der Waals surface area contributed by atoms with Crippen LogP contribution in [0.5, 0.6) is 0 Å². The van der Waals surface area contributed by atoms with Gasteiger partial charge in [-0.15, -0.1) is 0 Å². The van der Waals surface area contributed by atoms with Crippen LogP contribution in [0.25, 0.3) is 0 Å². The summed E-state index contributed by atoms with van der Waals surface area (Å²) < 4.78 is 5.04. The van der Waals surface area contributed by atoms with Gasteiger partial charge in [-0.1, -0.05) is 6.07 Å². The number of hydrogen-bond donors (Lipinski definition) is 1. The molecule has 1 aliphatic heterocycles. The van der Waals surface area contributed by atoms with Crippen LogP contribution in [0.3, 0.4) is 0 Å². The Labute approximate surface area is 118 Å². The van der Waals surface area contributed by atoms with Crippen LogP contribution in [0.2, 0.25) is 0 Å². The monoisotopic (exact) mass is 277 g/mol. The summed E-state index contributed by atoms with van der Waals surface area (Å²) in [4.78, 5) is 24.7. The second-order valence-corrected chi connectivity index (χ2v) is 4.87. The lowest BCUT2D eigenvalue weighted by Gasteiger charge is -2.32. The van der Waals surface area contributed by atoms with E-state index in [1.54, 1.807) is 18.2 Å². The molecule has 0 aromatic heterocycles. The number of esters is 1. The molecule has 1 saturated heterocycles. The molecule has 1 aliphatic rings. The van der Waals surface area contributed by atoms with E-state index in [0.717, 1.165) is 31.6 Å². The highest BCUT2D eigenvalue weighted by atomic mass is 16.5. The van der Waals surface area contributed by atoms with Gasteiger partial charge in [0, 0.05) is 18.8 Å². The van der Waals surface area contributed by atoms with E-state index in [9.17, 15) is 9.59 Å². The Hall–Kier alpha value is -2.04. The number of rotatable bonds is 4. The quantitative estimate of drug-likeness (QED) is 0.854. The van der Waals surface area contributed by atoms with Crippen molar-refractivity contribution in [2.75, 3.05) is 24.6 Å². The largest absolute Gasteiger partial charge is 0.478 e. The van der Waals surface area contributed by atoms with Crippen molar-refractivity contribution in [3.8, 4) is 0 Å². The number of hydrogen-bond acceptors (Lipinski definition) is 4. The standard InChI is InChI=1S/C15H19NO4/c1-2-20-15(19)11-6-8-16(9-7-11)13-5-3-4-12(10-13)14(17)18/h3-5,10-11H,2,6-9H2,1H3,(H,17,18). The first-order valence-corrected chi connectivity index (χ1v) is 6.86. The molecular weight excluding hydrogens is 258 g/mol. The van der Waals surface area contributed by atoms with Gasteiger partial charge in [0.25, 0.3) is 0 Å². The number of carboxylic acid groups (broad SMARTS) is 1. The minimum absolute atomic E-state index is 0.0335. The Morgan fingerprint density at radius 1 is 1.35 bits per heavy atom. The Morgan fingerprint density at radius 3 is 2.65 bits per heavy atom. The second kappa shape index (κ2) is 6.41. The number of carboxylic acids is 1. The maximum absolute atomic E-state index is 11.7. The highest BCUT2D eigenvalue weighted by Gasteiger charge is 2.26. The van der Waals surface area contributed by atoms with E-state index < -0.39 is 5.97 Å². The van der Waals surface area contributed by atoms with E-state index in [-0.39, 0.29) is 17.5 Å². The van der Waals surface area contributed by atoms with E-state index in [1.807, 2.05) is 13.0 Å². The van der Waals surface area contributed by atoms with Gasteiger partial charge in [0.15, 0.2) is 0 Å². The van der Waals surface area contributed by atoms with Crippen molar-refractivity contribution in [3.05, 3.63) is 29.8 Å². The first-order chi connectivity index (χ1) is 9.61. The number of carbonyl (C=O) groups is 2. The number of nitrogens with zero attached hydrogens (tertiary/aromatic N) is 1. The molecule has 0 radical (unpaired) electrons. The topological polar surface area (TPSA) is 66.8 Å². The van der Waals surface area contributed by atoms with Crippen LogP contribution in [0.1, 0.15) is 30.1 Å². The van der Waals surface area contributed by atoms with Crippen LogP contribution in [0, 0.1) is 5.92 Å². The number of piperidine rings is 1. The molecule has 0 unspecified atom stereocenters. The van der Waals surface area contributed by atoms with Gasteiger partial charge in [-0.3, -0.25) is 4.79 Å². The molecule has 1 aromatic rings. The third-order valence-electron chi connectivity index (χ3n) is 3.57. The minimum atomic E-state index is -0.923. The van der Waals surface area contributed by atoms with Crippen molar-refractivity contribution in [1.82, 2.24) is 0 Å². The average molecular weight is 277 g/mol. The molecule has 2 rings (SSSR count). The number of anilines is 1. The molecular formula is C15H19NO4. The van der Waals surface area contributed by atoms with Gasteiger partial charge in [-0.05, 0) is 38.0 Å². The SMILES string of the molecule is CCOC(=O)C1CCN(c2cccc(C(=O)O)c2)CC1. The summed E-state index contributed by atoms with van der Waals surface area (Å²) >= 11 is 0. The predicted octanol–water partition coefficient (Wildman–Crippen LogP) is 2.16. The minimum Gasteiger partial charge on any atom is -0.478 e. The molecule has 5 nitrogen and oxygen atoms in total. The third kappa shape index (κ3) is 3.29. The van der Waals surface area contributed by atoms with Crippen molar-refractivity contribution in [1.29, 1.82) is 0 Å². The maximum Gasteiger partial charge on any atom is 0.335 e. The number of ether oxygens (including phenoxy) is 1. The molecule has 1 heterocycles. The summed E-state index contributed by atoms with van der Waals surface area (Å²) in [5.41, 5.74) is 1.18. The fourth-order valence-corrected chi connectivity index (χ4v) is 2.47. The van der Waals surface area contributed by atoms with Crippen LogP contribution >= 0.6 is 0 Å². The summed E-state index contributed by atoms with van der Waals surface area (Å²) in [6.07, 6.45) is 1.49. The lowest BCUT2D eigenvalue weighted by Crippen LogP contribution is -2.37. The summed E-state index contributed by atoms with van der Waals surface area (Å²) in [6, 6.07) is 6.90. The van der Waals surface area contributed by atoms with Gasteiger partial charge in [0.1, 0.15) is 0 Å². The van der Waals surface area contributed by atoms with E-state index in [2.05, 4.69) is 4.90 Å². The van der Waals surface area contributed by atoms with E-state index in [4.69, 9.17) is 9.84 Å². The lowest BCUT2D eigenvalue weighted by molar-refractivity contribution is -0.148. The number of aromatic carboxylic acids is 1. The van der Waals surface area contributed by atoms with E-state index in [1.165, 1.54) is 0 Å². The summed E-state index contributed by atoms with van der Waals surface area (Å²) in [5, 5.41) is 9.00. The zero-order valence-corrected chi connectivity index (χ0v) is 11.5. The van der Waals surface area contributed by atoms with Gasteiger partial charge in [-0.2, -0.15) is 0 Å². The summed E-state index contributed by atoms with van der Waals surface area (Å²) in [5.74, 6) is -1.08. The number of benzene rings is 1. The first kappa shape index (κ1) is 14.4. The van der Waals surface area contributed by atoms with Crippen molar-refractivity contribution in [2.24, 2.45) is 5.92 Å². The molecule has 20 heavy (non-hydrogen) atoms. The Morgan fingerprint density at radius 2 is 2.05 bits per heavy atom. The van der Waals surface area contributed by atoms with Crippen molar-refractivity contribution in [2.45, 2.75) is 19.8 Å². The molecule has 1 N–H and O–H groups in total. The predicted molar refractivity (Wildman–Crippen MR) is 75.0 cm³/mol. The van der Waals surface area contributed by atoms with Gasteiger partial charge in [0.2, 0.25) is 0 Å². The normalized spacial score (nSPS) is 15.9. The number of carbonyl (C=O) groups excluding carboxylic acids is 1. The lowest BCUT2D eigenvalue weighted by atomic mass is 9.96. The van der Waals surface area contributed by atoms with Crippen molar-refractivity contribution >= 4 is 17.6 Å². The van der Waals surface area contributed by atoms with E-state index >= 15 is 0 Å². The zero-order chi connectivity index (χ0) is 14.5. The van der Waals surface area contributed by atoms with Gasteiger partial charge in [-0.25, -0.2) is 4.79 Å². The fraction of sp³-hybridized carbons (Fsp3) is 0.467. The smallest absolute Gasteiger partial charge is 0.335 e. The first-order valence-electron chi connectivity index (χ1n) is 6.86. The molecule has 0 amide bonds. The molecule has 0 atom stereocenters. The zero-order valence-electron chi connectivity index (χ0n) is 11.5. The Balaban J connectivity index is 1.98. The molecule has 0 aliphatic carbocycles. The molecule has 1 fully saturated rings. The highest BCUT2D eigenvalue weighted by Crippen LogP contribution is 2.24. The molecule has 0 saturated carbocycles. The van der Waals surface area contributed by atoms with Crippen LogP contribution < -0.4 is 4.90 Å². The van der Waals surface area contributed by atoms with Crippen molar-refractivity contribution < 1.29 is 19.4 Å². The highest BCUT2D eigenvalue weighted by molar-refractivity contribution is 5.88. The van der Waals surface area contributed by atoms with Gasteiger partial charge >= 0.3 is 11.9 Å². The Bertz CT molecular complexity index is 492. The van der Waals surface area contributed by atoms with Gasteiger partial charge < -0.3 is 14.7 Å². The van der Waals surface area contributed by atoms with E-state index in [0.29, 0.717) is 6.61 Å². The van der Waals surface area contributed by atoms with Crippen LogP contribution in [-0.4, -0.2) is 36.7 Å². The third-order valence-corrected chi connectivity index (χ3v) is 3.57. The van der Waals surface area contributed by atoms with Crippen LogP contribution in [0.4, 0.5) is 5.69 Å². The van der Waals surface area contributed by atoms with Crippen molar-refractivity contribution in [3.63, 3.8) is 0 Å². The summed E-state index contributed by atoms with van der Waals surface area (Å²) in [6.45, 7) is 3.71. The van der Waals surface area contributed by atoms with Crippen LogP contribution in [0.15, 0.2) is 24.3 Å². The molecule has 5 heteroatoms. The molecule has 0 spiro atoms.